The highest BCUT2D eigenvalue weighted by atomic mass is 32.2. The summed E-state index contributed by atoms with van der Waals surface area (Å²) in [5.74, 6) is 0. The summed E-state index contributed by atoms with van der Waals surface area (Å²) in [4.78, 5) is 2.38. The smallest absolute Gasteiger partial charge is 0.264 e. The van der Waals surface area contributed by atoms with Crippen LogP contribution in [0.15, 0.2) is 60.7 Å². The van der Waals surface area contributed by atoms with Crippen molar-refractivity contribution in [3.05, 3.63) is 71.8 Å². The van der Waals surface area contributed by atoms with Crippen molar-refractivity contribution >= 4 is 18.4 Å². The molecule has 2 aromatic rings. The Balaban J connectivity index is 2.27. The maximum atomic E-state index is 11.6. The Morgan fingerprint density at radius 1 is 0.906 bits per heavy atom. The van der Waals surface area contributed by atoms with Gasteiger partial charge < -0.3 is 4.43 Å². The maximum absolute atomic E-state index is 11.6. The van der Waals surface area contributed by atoms with E-state index in [0.717, 1.165) is 19.3 Å². The molecule has 0 unspecified atom stereocenters. The molecule has 2 rings (SSSR count). The Kier molecular flexibility index (Phi) is 9.66. The second kappa shape index (κ2) is 11.6. The fourth-order valence-corrected chi connectivity index (χ4v) is 4.62. The predicted octanol–water partition coefficient (Wildman–Crippen LogP) is 5.45. The summed E-state index contributed by atoms with van der Waals surface area (Å²) in [7, 11) is -5.44. The summed E-state index contributed by atoms with van der Waals surface area (Å²) >= 11 is 0. The van der Waals surface area contributed by atoms with Crippen LogP contribution in [0.25, 0.3) is 0 Å². The molecule has 1 atom stereocenters. The van der Waals surface area contributed by atoms with Crippen LogP contribution in [0, 0.1) is 0 Å². The first kappa shape index (κ1) is 26.7. The van der Waals surface area contributed by atoms with Gasteiger partial charge in [-0.1, -0.05) is 81.4 Å². The highest BCUT2D eigenvalue weighted by Crippen LogP contribution is 2.37. The van der Waals surface area contributed by atoms with E-state index in [-0.39, 0.29) is 17.7 Å². The number of hydrogen-bond donors (Lipinski definition) is 0. The van der Waals surface area contributed by atoms with E-state index in [9.17, 15) is 8.42 Å². The fraction of sp³-hybridized carbons (Fsp3) is 0.520. The Bertz CT molecular complexity index is 870. The fourth-order valence-electron chi connectivity index (χ4n) is 3.18. The van der Waals surface area contributed by atoms with Gasteiger partial charge in [0.1, 0.15) is 0 Å². The normalized spacial score (nSPS) is 14.0. The molecular formula is C25H39NO4SSi. The van der Waals surface area contributed by atoms with E-state index < -0.39 is 18.4 Å². The first-order chi connectivity index (χ1) is 14.9. The van der Waals surface area contributed by atoms with Gasteiger partial charge in [0.15, 0.2) is 8.32 Å². The van der Waals surface area contributed by atoms with Crippen molar-refractivity contribution < 1.29 is 17.0 Å². The van der Waals surface area contributed by atoms with E-state index in [0.29, 0.717) is 13.0 Å². The van der Waals surface area contributed by atoms with Gasteiger partial charge in [0.2, 0.25) is 0 Å². The molecule has 5 nitrogen and oxygen atoms in total. The zero-order chi connectivity index (χ0) is 23.8. The quantitative estimate of drug-likeness (QED) is 0.301. The number of hydrogen-bond acceptors (Lipinski definition) is 5. The molecule has 0 heterocycles. The van der Waals surface area contributed by atoms with Crippen molar-refractivity contribution in [2.75, 3.05) is 19.5 Å². The monoisotopic (exact) mass is 477 g/mol. The Morgan fingerprint density at radius 2 is 1.38 bits per heavy atom. The van der Waals surface area contributed by atoms with Gasteiger partial charge in [0.05, 0.1) is 12.9 Å². The molecule has 7 heteroatoms. The van der Waals surface area contributed by atoms with E-state index in [1.54, 1.807) is 0 Å². The van der Waals surface area contributed by atoms with Crippen molar-refractivity contribution in [2.45, 2.75) is 64.5 Å². The van der Waals surface area contributed by atoms with Crippen molar-refractivity contribution in [1.29, 1.82) is 0 Å². The lowest BCUT2D eigenvalue weighted by Gasteiger charge is -2.39. The molecular weight excluding hydrogens is 438 g/mol. The van der Waals surface area contributed by atoms with Crippen molar-refractivity contribution in [3.8, 4) is 0 Å². The Hall–Kier alpha value is -1.51. The molecule has 0 N–H and O–H groups in total. The maximum Gasteiger partial charge on any atom is 0.264 e. The molecule has 0 fully saturated rings. The molecule has 0 aromatic heterocycles. The molecule has 0 spiro atoms. The average molecular weight is 478 g/mol. The number of nitrogens with zero attached hydrogens (tertiary/aromatic N) is 1. The van der Waals surface area contributed by atoms with E-state index in [1.807, 2.05) is 36.4 Å². The van der Waals surface area contributed by atoms with Crippen LogP contribution in [0.3, 0.4) is 0 Å². The number of rotatable bonds is 12. The minimum atomic E-state index is -3.48. The lowest BCUT2D eigenvalue weighted by atomic mass is 10.1. The highest BCUT2D eigenvalue weighted by Gasteiger charge is 2.38. The van der Waals surface area contributed by atoms with Crippen LogP contribution in [0.4, 0.5) is 0 Å². The van der Waals surface area contributed by atoms with Gasteiger partial charge in [-0.2, -0.15) is 8.42 Å². The molecule has 32 heavy (non-hydrogen) atoms. The van der Waals surface area contributed by atoms with Crippen LogP contribution >= 0.6 is 0 Å². The van der Waals surface area contributed by atoms with Gasteiger partial charge >= 0.3 is 0 Å². The first-order valence-corrected chi connectivity index (χ1v) is 15.9. The van der Waals surface area contributed by atoms with Crippen molar-refractivity contribution in [3.63, 3.8) is 0 Å². The molecule has 0 aliphatic rings. The Labute approximate surface area is 196 Å². The molecule has 0 amide bonds. The van der Waals surface area contributed by atoms with Crippen LogP contribution < -0.4 is 0 Å². The third-order valence-corrected chi connectivity index (χ3v) is 11.3. The lowest BCUT2D eigenvalue weighted by Crippen LogP contribution is -2.46. The van der Waals surface area contributed by atoms with E-state index >= 15 is 0 Å². The summed E-state index contributed by atoms with van der Waals surface area (Å²) in [5.41, 5.74) is 2.43. The van der Waals surface area contributed by atoms with Gasteiger partial charge in [-0.25, -0.2) is 0 Å². The summed E-state index contributed by atoms with van der Waals surface area (Å²) < 4.78 is 34.8. The SMILES string of the molecule is CC(C)(C)[Si](C)(C)OC[C@H](CCOS(C)(=O)=O)N(Cc1ccccc1)Cc1ccccc1. The molecule has 0 bridgehead atoms. The lowest BCUT2D eigenvalue weighted by molar-refractivity contribution is 0.0955. The van der Waals surface area contributed by atoms with Crippen LogP contribution in [0.2, 0.25) is 18.1 Å². The standard InChI is InChI=1S/C25H39NO4SSi/c1-25(2,3)32(5,6)30-21-24(17-18-29-31(4,27)28)26(19-22-13-9-7-10-14-22)20-23-15-11-8-12-16-23/h7-16,24H,17-21H2,1-6H3/t24-/m0/s1. The molecule has 0 saturated heterocycles. The van der Waals surface area contributed by atoms with E-state index in [4.69, 9.17) is 8.61 Å². The molecule has 2 aromatic carbocycles. The molecule has 178 valence electrons. The molecule has 0 aliphatic heterocycles. The Morgan fingerprint density at radius 3 is 1.78 bits per heavy atom. The largest absolute Gasteiger partial charge is 0.415 e. The third kappa shape index (κ3) is 9.15. The number of benzene rings is 2. The van der Waals surface area contributed by atoms with Crippen LogP contribution in [0.5, 0.6) is 0 Å². The second-order valence-electron chi connectivity index (χ2n) is 9.92. The van der Waals surface area contributed by atoms with Gasteiger partial charge in [-0.15, -0.1) is 0 Å². The zero-order valence-corrected chi connectivity index (χ0v) is 22.2. The van der Waals surface area contributed by atoms with E-state index in [1.165, 1.54) is 11.1 Å². The first-order valence-electron chi connectivity index (χ1n) is 11.2. The molecule has 0 aliphatic carbocycles. The summed E-state index contributed by atoms with van der Waals surface area (Å²) in [6.07, 6.45) is 1.67. The van der Waals surface area contributed by atoms with Gasteiger partial charge in [0, 0.05) is 25.7 Å². The second-order valence-corrected chi connectivity index (χ2v) is 16.4. The van der Waals surface area contributed by atoms with Crippen LogP contribution in [-0.4, -0.2) is 47.1 Å². The minimum Gasteiger partial charge on any atom is -0.415 e. The van der Waals surface area contributed by atoms with Crippen LogP contribution in [0.1, 0.15) is 38.3 Å². The summed E-state index contributed by atoms with van der Waals surface area (Å²) in [6, 6.07) is 20.7. The van der Waals surface area contributed by atoms with Crippen molar-refractivity contribution in [2.24, 2.45) is 0 Å². The zero-order valence-electron chi connectivity index (χ0n) is 20.4. The predicted molar refractivity (Wildman–Crippen MR) is 134 cm³/mol. The minimum absolute atomic E-state index is 0.0197. The highest BCUT2D eigenvalue weighted by molar-refractivity contribution is 7.85. The average Bonchev–Trinajstić information content (AvgIpc) is 2.70. The van der Waals surface area contributed by atoms with Crippen LogP contribution in [-0.2, 0) is 31.8 Å². The summed E-state index contributed by atoms with van der Waals surface area (Å²) in [6.45, 7) is 13.4. The van der Waals surface area contributed by atoms with E-state index in [2.05, 4.69) is 63.0 Å². The van der Waals surface area contributed by atoms with Crippen molar-refractivity contribution in [1.82, 2.24) is 4.90 Å². The van der Waals surface area contributed by atoms with Gasteiger partial charge in [0.25, 0.3) is 10.1 Å². The van der Waals surface area contributed by atoms with Gasteiger partial charge in [-0.05, 0) is 35.7 Å². The molecule has 0 radical (unpaired) electrons. The van der Waals surface area contributed by atoms with Gasteiger partial charge in [-0.3, -0.25) is 9.08 Å². The molecule has 0 saturated carbocycles. The topological polar surface area (TPSA) is 55.8 Å². The summed E-state index contributed by atoms with van der Waals surface area (Å²) in [5, 5.41) is 0.102. The third-order valence-electron chi connectivity index (χ3n) is 6.16.